The second-order valence-corrected chi connectivity index (χ2v) is 5.16. The zero-order chi connectivity index (χ0) is 11.8. The Morgan fingerprint density at radius 2 is 1.65 bits per heavy atom. The van der Waals surface area contributed by atoms with Gasteiger partial charge in [0.1, 0.15) is 5.75 Å². The van der Waals surface area contributed by atoms with Crippen LogP contribution in [0.5, 0.6) is 5.75 Å². The summed E-state index contributed by atoms with van der Waals surface area (Å²) in [6, 6.07) is 10.1. The van der Waals surface area contributed by atoms with Gasteiger partial charge in [-0.15, -0.1) is 0 Å². The van der Waals surface area contributed by atoms with Gasteiger partial charge in [0.15, 0.2) is 0 Å². The van der Waals surface area contributed by atoms with E-state index in [2.05, 4.69) is 0 Å². The van der Waals surface area contributed by atoms with Crippen molar-refractivity contribution in [3.8, 4) is 5.75 Å². The van der Waals surface area contributed by atoms with Crippen molar-refractivity contribution in [1.82, 2.24) is 0 Å². The number of benzene rings is 1. The highest BCUT2D eigenvalue weighted by atomic mass is 16.5. The molecule has 0 unspecified atom stereocenters. The maximum Gasteiger partial charge on any atom is 0.119 e. The van der Waals surface area contributed by atoms with Gasteiger partial charge in [0.05, 0.1) is 6.61 Å². The fourth-order valence-electron chi connectivity index (χ4n) is 2.73. The molecule has 1 fully saturated rings. The molecule has 0 amide bonds. The minimum absolute atomic E-state index is 0.876. The topological polar surface area (TPSA) is 9.23 Å². The molecule has 0 radical (unpaired) electrons. The zero-order valence-corrected chi connectivity index (χ0v) is 10.7. The summed E-state index contributed by atoms with van der Waals surface area (Å²) in [4.78, 5) is 0. The predicted octanol–water partition coefficient (Wildman–Crippen LogP) is 4.82. The summed E-state index contributed by atoms with van der Waals surface area (Å²) in [5.74, 6) is 1.98. The third-order valence-electron chi connectivity index (χ3n) is 3.74. The Hall–Kier alpha value is -0.980. The Labute approximate surface area is 105 Å². The van der Waals surface area contributed by atoms with Crippen molar-refractivity contribution in [3.05, 3.63) is 30.3 Å². The SMILES string of the molecule is c1ccc(OCCCC2CCCCCC2)cc1. The van der Waals surface area contributed by atoms with E-state index in [0.717, 1.165) is 18.3 Å². The second-order valence-electron chi connectivity index (χ2n) is 5.16. The lowest BCUT2D eigenvalue weighted by Crippen LogP contribution is -2.03. The smallest absolute Gasteiger partial charge is 0.119 e. The Bertz CT molecular complexity index is 286. The lowest BCUT2D eigenvalue weighted by Gasteiger charge is -2.13. The summed E-state index contributed by atoms with van der Waals surface area (Å²) in [7, 11) is 0. The molecular weight excluding hydrogens is 208 g/mol. The summed E-state index contributed by atoms with van der Waals surface area (Å²) in [6.45, 7) is 0.876. The van der Waals surface area contributed by atoms with Crippen molar-refractivity contribution < 1.29 is 4.74 Å². The van der Waals surface area contributed by atoms with Crippen molar-refractivity contribution in [2.75, 3.05) is 6.61 Å². The fourth-order valence-corrected chi connectivity index (χ4v) is 2.73. The first-order chi connectivity index (χ1) is 8.45. The van der Waals surface area contributed by atoms with E-state index >= 15 is 0 Å². The van der Waals surface area contributed by atoms with Crippen LogP contribution in [-0.2, 0) is 0 Å². The minimum Gasteiger partial charge on any atom is -0.494 e. The second kappa shape index (κ2) is 7.37. The first-order valence-electron chi connectivity index (χ1n) is 7.13. The Kier molecular flexibility index (Phi) is 5.41. The molecule has 1 aromatic rings. The van der Waals surface area contributed by atoms with Gasteiger partial charge in [-0.2, -0.15) is 0 Å². The van der Waals surface area contributed by atoms with Crippen molar-refractivity contribution in [2.45, 2.75) is 51.4 Å². The van der Waals surface area contributed by atoms with Gasteiger partial charge < -0.3 is 4.74 Å². The van der Waals surface area contributed by atoms with Gasteiger partial charge in [0, 0.05) is 0 Å². The van der Waals surface area contributed by atoms with Crippen LogP contribution in [-0.4, -0.2) is 6.61 Å². The predicted molar refractivity (Wildman–Crippen MR) is 72.4 cm³/mol. The van der Waals surface area contributed by atoms with Crippen LogP contribution in [0.3, 0.4) is 0 Å². The van der Waals surface area contributed by atoms with E-state index in [1.54, 1.807) is 0 Å². The summed E-state index contributed by atoms with van der Waals surface area (Å²) < 4.78 is 5.73. The van der Waals surface area contributed by atoms with Gasteiger partial charge in [-0.05, 0) is 30.9 Å². The average Bonchev–Trinajstić information content (AvgIpc) is 2.65. The van der Waals surface area contributed by atoms with Crippen LogP contribution in [0.4, 0.5) is 0 Å². The molecule has 0 spiro atoms. The Morgan fingerprint density at radius 1 is 0.941 bits per heavy atom. The van der Waals surface area contributed by atoms with Crippen LogP contribution >= 0.6 is 0 Å². The van der Waals surface area contributed by atoms with Crippen molar-refractivity contribution >= 4 is 0 Å². The molecule has 17 heavy (non-hydrogen) atoms. The third kappa shape index (κ3) is 4.80. The lowest BCUT2D eigenvalue weighted by molar-refractivity contribution is 0.285. The molecule has 0 atom stereocenters. The van der Waals surface area contributed by atoms with Crippen LogP contribution in [0, 0.1) is 5.92 Å². The Morgan fingerprint density at radius 3 is 2.35 bits per heavy atom. The van der Waals surface area contributed by atoms with E-state index in [-0.39, 0.29) is 0 Å². The molecule has 1 aliphatic rings. The highest BCUT2D eigenvalue weighted by Gasteiger charge is 2.11. The van der Waals surface area contributed by atoms with Crippen molar-refractivity contribution in [3.63, 3.8) is 0 Å². The third-order valence-corrected chi connectivity index (χ3v) is 3.74. The van der Waals surface area contributed by atoms with Crippen molar-refractivity contribution in [2.24, 2.45) is 5.92 Å². The molecule has 0 aliphatic heterocycles. The number of ether oxygens (including phenoxy) is 1. The van der Waals surface area contributed by atoms with Gasteiger partial charge >= 0.3 is 0 Å². The van der Waals surface area contributed by atoms with Crippen LogP contribution in [0.1, 0.15) is 51.4 Å². The molecule has 0 heterocycles. The van der Waals surface area contributed by atoms with Crippen LogP contribution in [0.15, 0.2) is 30.3 Å². The van der Waals surface area contributed by atoms with Gasteiger partial charge in [-0.25, -0.2) is 0 Å². The van der Waals surface area contributed by atoms with Gasteiger partial charge in [0.25, 0.3) is 0 Å². The number of hydrogen-bond acceptors (Lipinski definition) is 1. The number of para-hydroxylation sites is 1. The van der Waals surface area contributed by atoms with E-state index in [0.29, 0.717) is 0 Å². The van der Waals surface area contributed by atoms with Gasteiger partial charge in [0.2, 0.25) is 0 Å². The largest absolute Gasteiger partial charge is 0.494 e. The molecular formula is C16H24O. The monoisotopic (exact) mass is 232 g/mol. The molecule has 0 N–H and O–H groups in total. The molecule has 1 nitrogen and oxygen atoms in total. The lowest BCUT2D eigenvalue weighted by atomic mass is 9.95. The van der Waals surface area contributed by atoms with Crippen LogP contribution in [0.25, 0.3) is 0 Å². The van der Waals surface area contributed by atoms with E-state index < -0.39 is 0 Å². The first-order valence-corrected chi connectivity index (χ1v) is 7.13. The molecule has 94 valence electrons. The van der Waals surface area contributed by atoms with E-state index in [4.69, 9.17) is 4.74 Å². The standard InChI is InChI=1S/C16H24O/c1-2-5-10-15(9-4-1)11-8-14-17-16-12-6-3-7-13-16/h3,6-7,12-13,15H,1-2,4-5,8-11,14H2. The maximum absolute atomic E-state index is 5.73. The maximum atomic E-state index is 5.73. The highest BCUT2D eigenvalue weighted by molar-refractivity contribution is 5.20. The minimum atomic E-state index is 0.876. The summed E-state index contributed by atoms with van der Waals surface area (Å²) in [6.07, 6.45) is 11.3. The molecule has 1 saturated carbocycles. The van der Waals surface area contributed by atoms with E-state index in [9.17, 15) is 0 Å². The number of rotatable bonds is 5. The van der Waals surface area contributed by atoms with E-state index in [1.807, 2.05) is 30.3 Å². The van der Waals surface area contributed by atoms with Gasteiger partial charge in [-0.1, -0.05) is 56.7 Å². The van der Waals surface area contributed by atoms with E-state index in [1.165, 1.54) is 51.4 Å². The molecule has 2 rings (SSSR count). The molecule has 1 aromatic carbocycles. The van der Waals surface area contributed by atoms with Crippen LogP contribution in [0.2, 0.25) is 0 Å². The number of hydrogen-bond donors (Lipinski definition) is 0. The zero-order valence-electron chi connectivity index (χ0n) is 10.7. The highest BCUT2D eigenvalue weighted by Crippen LogP contribution is 2.26. The summed E-state index contributed by atoms with van der Waals surface area (Å²) in [5, 5.41) is 0. The van der Waals surface area contributed by atoms with Crippen LogP contribution < -0.4 is 4.74 Å². The summed E-state index contributed by atoms with van der Waals surface area (Å²) in [5.41, 5.74) is 0. The molecule has 0 saturated heterocycles. The molecule has 1 aliphatic carbocycles. The van der Waals surface area contributed by atoms with Gasteiger partial charge in [-0.3, -0.25) is 0 Å². The quantitative estimate of drug-likeness (QED) is 0.522. The molecule has 0 aromatic heterocycles. The Balaban J connectivity index is 1.59. The normalized spacial score (nSPS) is 17.6. The first kappa shape index (κ1) is 12.5. The van der Waals surface area contributed by atoms with Crippen molar-refractivity contribution in [1.29, 1.82) is 0 Å². The fraction of sp³-hybridized carbons (Fsp3) is 0.625. The average molecular weight is 232 g/mol. The molecule has 0 bridgehead atoms. The summed E-state index contributed by atoms with van der Waals surface area (Å²) >= 11 is 0. The molecule has 1 heteroatoms.